The molecule has 26 heteroatoms. The number of morpholine rings is 3. The molecule has 22 nitrogen and oxygen atoms in total. The Morgan fingerprint density at radius 3 is 1.32 bits per heavy atom. The fourth-order valence-corrected chi connectivity index (χ4v) is 31.8. The summed E-state index contributed by atoms with van der Waals surface area (Å²) < 4.78 is 45.7. The summed E-state index contributed by atoms with van der Waals surface area (Å²) in [6.45, 7) is 34.0. The summed E-state index contributed by atoms with van der Waals surface area (Å²) in [6.07, 6.45) is 26.0. The molecule has 111 heavy (non-hydrogen) atoms. The van der Waals surface area contributed by atoms with Crippen LogP contribution in [0.4, 0.5) is 17.5 Å². The number of aromatic nitrogens is 13. The van der Waals surface area contributed by atoms with E-state index in [-0.39, 0.29) is 0 Å². The number of benzene rings is 3. The number of imidazole rings is 3. The smallest absolute Gasteiger partial charge is 0.140 e. The van der Waals surface area contributed by atoms with Crippen molar-refractivity contribution in [2.45, 2.75) is 144 Å². The molecule has 3 saturated heterocycles. The normalized spacial score (nSPS) is 14.7. The Labute approximate surface area is 671 Å². The van der Waals surface area contributed by atoms with Gasteiger partial charge in [-0.3, -0.25) is 4.99 Å². The number of fused-ring (bicyclic) bond motifs is 3. The molecule has 0 bridgehead atoms. The Bertz CT molecular complexity index is 4810. The van der Waals surface area contributed by atoms with Gasteiger partial charge in [-0.1, -0.05) is 73.4 Å². The maximum atomic E-state index is 6.08. The Kier molecular flexibility index (Phi) is 29.3. The molecule has 4 aliphatic rings. The number of halogens is 1. The van der Waals surface area contributed by atoms with E-state index in [1.807, 2.05) is 101 Å². The Balaban J connectivity index is 0.000000140. The molecule has 0 atom stereocenters. The number of hydrogen-bond donors (Lipinski definition) is 0. The van der Waals surface area contributed by atoms with E-state index in [9.17, 15) is 0 Å². The van der Waals surface area contributed by atoms with Crippen molar-refractivity contribution in [2.24, 2.45) is 26.1 Å². The van der Waals surface area contributed by atoms with Crippen molar-refractivity contribution in [2.75, 3.05) is 107 Å². The molecule has 590 valence electrons. The summed E-state index contributed by atoms with van der Waals surface area (Å²) in [4.78, 5) is 39.2. The van der Waals surface area contributed by atoms with Gasteiger partial charge in [0.2, 0.25) is 0 Å². The molecule has 3 fully saturated rings. The van der Waals surface area contributed by atoms with Gasteiger partial charge >= 0.3 is 124 Å². The van der Waals surface area contributed by atoms with Crippen molar-refractivity contribution in [3.05, 3.63) is 168 Å². The van der Waals surface area contributed by atoms with Gasteiger partial charge in [0, 0.05) is 162 Å². The van der Waals surface area contributed by atoms with E-state index in [0.717, 1.165) is 211 Å². The van der Waals surface area contributed by atoms with E-state index in [4.69, 9.17) is 43.9 Å². The number of aryl methyl sites for hydroxylation is 3. The first-order chi connectivity index (χ1) is 53.7. The molecule has 0 saturated carbocycles. The van der Waals surface area contributed by atoms with Crippen LogP contribution in [-0.4, -0.2) is 196 Å². The van der Waals surface area contributed by atoms with Crippen molar-refractivity contribution in [3.63, 3.8) is 0 Å². The maximum absolute atomic E-state index is 6.08. The zero-order valence-corrected chi connectivity index (χ0v) is 74.1. The number of anilines is 3. The largest absolute Gasteiger partial charge is 0.378 e. The van der Waals surface area contributed by atoms with Crippen LogP contribution in [0.15, 0.2) is 157 Å². The molecule has 15 rings (SSSR count). The molecule has 11 aromatic rings. The topological polar surface area (TPSA) is 196 Å². The Morgan fingerprint density at radius 2 is 0.883 bits per heavy atom. The van der Waals surface area contributed by atoms with Crippen LogP contribution in [0.5, 0.6) is 0 Å². The minimum atomic E-state index is -2.21. The zero-order chi connectivity index (χ0) is 77.9. The summed E-state index contributed by atoms with van der Waals surface area (Å²) in [7, 11) is 3.84. The van der Waals surface area contributed by atoms with Gasteiger partial charge < -0.3 is 47.5 Å². The van der Waals surface area contributed by atoms with E-state index in [0.29, 0.717) is 13.5 Å². The van der Waals surface area contributed by atoms with Gasteiger partial charge in [-0.2, -0.15) is 10.2 Å². The summed E-state index contributed by atoms with van der Waals surface area (Å²) in [5.74, 6) is 2.92. The SMILES string of the molecule is CCC[CH2][Sn]([CH2]CCC)([CH2]CCC)[c]1cn(C)cn1.C[Si](C)(C)CCOCn1nc(-c2ccnc(N3CCOCC3)c2)c2cc(Br)ccc21.Cn1cnc(-c2ccc3c(c2)C(c2ccnc(N4CCOCC4)c2)=NC3)c1.Cn1cnc(-c2ccc3c(c2)c(-c2ccnc(N4CCOCC4)c2)nn3COCC[Si](C)(C)C)c1. The molecule has 3 aromatic carbocycles. The fourth-order valence-electron chi connectivity index (χ4n) is 14.5. The van der Waals surface area contributed by atoms with Crippen LogP contribution < -0.4 is 18.4 Å². The summed E-state index contributed by atoms with van der Waals surface area (Å²) in [6, 6.07) is 34.0. The van der Waals surface area contributed by atoms with E-state index in [2.05, 4.69) is 206 Å². The number of nitrogens with zero attached hydrogens (tertiary/aromatic N) is 17. The van der Waals surface area contributed by atoms with Crippen LogP contribution in [0.3, 0.4) is 0 Å². The van der Waals surface area contributed by atoms with Gasteiger partial charge in [0.15, 0.2) is 0 Å². The number of rotatable bonds is 28. The van der Waals surface area contributed by atoms with Crippen molar-refractivity contribution in [1.29, 1.82) is 0 Å². The van der Waals surface area contributed by atoms with Crippen molar-refractivity contribution in [3.8, 4) is 45.0 Å². The monoisotopic (exact) mass is 1710 g/mol. The molecule has 0 spiro atoms. The molecule has 0 aliphatic carbocycles. The summed E-state index contributed by atoms with van der Waals surface area (Å²) >= 11 is 1.41. The van der Waals surface area contributed by atoms with Gasteiger partial charge in [-0.05, 0) is 90.4 Å². The van der Waals surface area contributed by atoms with Gasteiger partial charge in [0.25, 0.3) is 0 Å². The predicted octanol–water partition coefficient (Wildman–Crippen LogP) is 16.8. The van der Waals surface area contributed by atoms with Gasteiger partial charge in [-0.15, -0.1) is 0 Å². The van der Waals surface area contributed by atoms with E-state index in [1.54, 1.807) is 3.71 Å². The number of hydrogen-bond acceptors (Lipinski definition) is 17. The van der Waals surface area contributed by atoms with Gasteiger partial charge in [0.05, 0.1) is 87.0 Å². The third-order valence-electron chi connectivity index (χ3n) is 21.0. The first kappa shape index (κ1) is 82.7. The van der Waals surface area contributed by atoms with Crippen LogP contribution in [-0.2, 0) is 64.8 Å². The molecule has 0 unspecified atom stereocenters. The maximum Gasteiger partial charge on any atom is 0.140 e. The molecule has 0 radical (unpaired) electrons. The third kappa shape index (κ3) is 22.4. The second-order valence-electron chi connectivity index (χ2n) is 32.2. The second kappa shape index (κ2) is 39.3. The quantitative estimate of drug-likeness (QED) is 0.0331. The Morgan fingerprint density at radius 1 is 0.459 bits per heavy atom. The average Bonchev–Trinajstić information content (AvgIpc) is 1.63. The van der Waals surface area contributed by atoms with Gasteiger partial charge in [-0.25, -0.2) is 34.3 Å². The predicted molar refractivity (Wildman–Crippen MR) is 463 cm³/mol. The summed E-state index contributed by atoms with van der Waals surface area (Å²) in [5.41, 5.74) is 14.9. The van der Waals surface area contributed by atoms with Crippen LogP contribution in [0.25, 0.3) is 66.8 Å². The Hall–Kier alpha value is -7.74. The zero-order valence-electron chi connectivity index (χ0n) is 67.7. The summed E-state index contributed by atoms with van der Waals surface area (Å²) in [5, 5.41) is 12.2. The molecule has 0 amide bonds. The van der Waals surface area contributed by atoms with Crippen molar-refractivity contribution >= 4 is 99.1 Å². The first-order valence-corrected chi connectivity index (χ1v) is 55.8. The molecule has 4 aliphatic heterocycles. The van der Waals surface area contributed by atoms with Gasteiger partial charge in [0.1, 0.15) is 42.3 Å². The minimum absolute atomic E-state index is 0.436. The van der Waals surface area contributed by atoms with Crippen LogP contribution >= 0.6 is 15.9 Å². The van der Waals surface area contributed by atoms with Crippen LogP contribution in [0.1, 0.15) is 76.0 Å². The van der Waals surface area contributed by atoms with E-state index in [1.165, 1.54) is 63.0 Å². The number of aliphatic imine (C=N–C) groups is 1. The van der Waals surface area contributed by atoms with E-state index >= 15 is 0 Å². The van der Waals surface area contributed by atoms with E-state index < -0.39 is 34.5 Å². The first-order valence-electron chi connectivity index (χ1n) is 40.1. The van der Waals surface area contributed by atoms with Crippen molar-refractivity contribution < 1.29 is 23.7 Å². The molecular formula is C85H116BrN17O5Si2Sn. The molecule has 12 heterocycles. The fraction of sp³-hybridized carbons (Fsp3) is 0.471. The minimum Gasteiger partial charge on any atom is -0.378 e. The van der Waals surface area contributed by atoms with Crippen LogP contribution in [0, 0.1) is 0 Å². The molecular weight excluding hydrogens is 1590 g/mol. The van der Waals surface area contributed by atoms with Crippen LogP contribution in [0.2, 0.25) is 64.7 Å². The van der Waals surface area contributed by atoms with Crippen molar-refractivity contribution in [1.82, 2.24) is 63.2 Å². The third-order valence-corrected chi connectivity index (χ3v) is 40.0. The molecule has 0 N–H and O–H groups in total. The second-order valence-corrected chi connectivity index (χ2v) is 57.4. The average molecular weight is 1710 g/mol. The number of unbranched alkanes of at least 4 members (excludes halogenated alkanes) is 3. The number of pyridine rings is 3. The number of ether oxygens (including phenoxy) is 5. The standard InChI is InChI=1S/C26H34N6O2Si.C22H29BrN4O2Si.C21H21N5O.C4H5N2.3C4H9.Sn/c1-30-17-23(28-18-30)20-5-6-24-22(15-20)26(29-32(24)19-34-13-14-35(2,3)4)21-7-8-27-25(16-21)31-9-11-33-12-10-31;1-30(2,3)13-12-29-16-27-20-5-4-18(23)15-19(20)22(25-27)17-6-7-24-21(14-17)26-8-10-28-11-9-26;1-25-13-19(24-14-25)15-2-3-17-12-23-21(18(17)10-15)16-4-5-22-20(11-16)26-6-8-27-9-7-26;1-6-3-2-5-4-6;3*1-3-4-2;/h5-8,15-18H,9-14,19H2,1-4H3;4-7,14-15H,8-13,16H2,1-3H3;2-5,10-11,13-14H,6-9,12H2,1H3;3-4H,1H3;3*1,3-4H2,2H3;. The molecule has 8 aromatic heterocycles.